The van der Waals surface area contributed by atoms with E-state index >= 15 is 0 Å². The number of carbonyl (C=O) groups is 2. The minimum Gasteiger partial charge on any atom is -0.461 e. The minimum atomic E-state index is -0.435. The average molecular weight is 454 g/mol. The summed E-state index contributed by atoms with van der Waals surface area (Å²) in [5.74, 6) is -0.435. The van der Waals surface area contributed by atoms with Gasteiger partial charge >= 0.3 is 12.0 Å². The Hall–Kier alpha value is -1.93. The van der Waals surface area contributed by atoms with Gasteiger partial charge in [-0.05, 0) is 41.4 Å². The summed E-state index contributed by atoms with van der Waals surface area (Å²) >= 11 is 4.80. The molecular formula is C19H24BrN3O3S. The quantitative estimate of drug-likeness (QED) is 0.412. The number of thiazole rings is 1. The molecule has 1 N–H and O–H groups in total. The number of ether oxygens (including phenoxy) is 1. The number of hydrogen-bond acceptors (Lipinski definition) is 5. The number of esters is 1. The molecule has 0 bridgehead atoms. The first-order valence-corrected chi connectivity index (χ1v) is 10.6. The Morgan fingerprint density at radius 3 is 2.74 bits per heavy atom. The van der Waals surface area contributed by atoms with Crippen LogP contribution in [0.4, 0.5) is 10.5 Å². The highest BCUT2D eigenvalue weighted by Gasteiger charge is 2.18. The fraction of sp³-hybridized carbons (Fsp3) is 0.421. The zero-order valence-corrected chi connectivity index (χ0v) is 17.9. The van der Waals surface area contributed by atoms with Crippen LogP contribution in [-0.2, 0) is 11.3 Å². The smallest absolute Gasteiger partial charge is 0.357 e. The Morgan fingerprint density at radius 1 is 1.26 bits per heavy atom. The van der Waals surface area contributed by atoms with E-state index in [9.17, 15) is 9.59 Å². The Kier molecular flexibility index (Phi) is 8.74. The SMILES string of the molecule is CCCCCN(Cc1nc(C(=O)OCC)cs1)C(=O)Nc1ccccc1Br. The molecule has 0 aliphatic heterocycles. The first-order chi connectivity index (χ1) is 13.0. The second-order valence-corrected chi connectivity index (χ2v) is 7.68. The number of urea groups is 1. The van der Waals surface area contributed by atoms with Crippen molar-refractivity contribution in [2.75, 3.05) is 18.5 Å². The first kappa shape index (κ1) is 21.4. The van der Waals surface area contributed by atoms with Gasteiger partial charge in [-0.3, -0.25) is 0 Å². The molecule has 1 heterocycles. The van der Waals surface area contributed by atoms with Gasteiger partial charge < -0.3 is 15.0 Å². The summed E-state index contributed by atoms with van der Waals surface area (Å²) in [7, 11) is 0. The zero-order valence-electron chi connectivity index (χ0n) is 15.5. The average Bonchev–Trinajstić information content (AvgIpc) is 3.12. The van der Waals surface area contributed by atoms with Gasteiger partial charge in [0.15, 0.2) is 5.69 Å². The molecule has 0 aliphatic carbocycles. The molecule has 27 heavy (non-hydrogen) atoms. The molecule has 1 aromatic heterocycles. The number of nitrogens with zero attached hydrogens (tertiary/aromatic N) is 2. The third kappa shape index (κ3) is 6.62. The van der Waals surface area contributed by atoms with Crippen LogP contribution in [0.25, 0.3) is 0 Å². The molecule has 6 nitrogen and oxygen atoms in total. The van der Waals surface area contributed by atoms with Gasteiger partial charge in [0.25, 0.3) is 0 Å². The van der Waals surface area contributed by atoms with Crippen LogP contribution in [0.5, 0.6) is 0 Å². The summed E-state index contributed by atoms with van der Waals surface area (Å²) in [6, 6.07) is 7.29. The van der Waals surface area contributed by atoms with Gasteiger partial charge in [0, 0.05) is 16.4 Å². The van der Waals surface area contributed by atoms with Crippen molar-refractivity contribution < 1.29 is 14.3 Å². The molecule has 0 spiro atoms. The van der Waals surface area contributed by atoms with E-state index in [1.54, 1.807) is 17.2 Å². The lowest BCUT2D eigenvalue weighted by Crippen LogP contribution is -2.35. The largest absolute Gasteiger partial charge is 0.461 e. The molecule has 2 rings (SSSR count). The van der Waals surface area contributed by atoms with Crippen molar-refractivity contribution in [1.82, 2.24) is 9.88 Å². The lowest BCUT2D eigenvalue weighted by molar-refractivity contribution is 0.0520. The number of halogens is 1. The number of nitrogens with one attached hydrogen (secondary N) is 1. The van der Waals surface area contributed by atoms with Crippen molar-refractivity contribution in [1.29, 1.82) is 0 Å². The number of hydrogen-bond donors (Lipinski definition) is 1. The first-order valence-electron chi connectivity index (χ1n) is 8.97. The predicted molar refractivity (Wildman–Crippen MR) is 111 cm³/mol. The summed E-state index contributed by atoms with van der Waals surface area (Å²) in [6.07, 6.45) is 3.03. The molecule has 2 amide bonds. The van der Waals surface area contributed by atoms with Crippen molar-refractivity contribution in [2.45, 2.75) is 39.7 Å². The molecule has 0 atom stereocenters. The van der Waals surface area contributed by atoms with Crippen LogP contribution < -0.4 is 5.32 Å². The van der Waals surface area contributed by atoms with Crippen molar-refractivity contribution in [3.05, 3.63) is 44.8 Å². The Balaban J connectivity index is 2.08. The predicted octanol–water partition coefficient (Wildman–Crippen LogP) is 5.31. The summed E-state index contributed by atoms with van der Waals surface area (Å²) in [6.45, 7) is 5.16. The summed E-state index contributed by atoms with van der Waals surface area (Å²) in [5, 5.41) is 5.31. The number of benzene rings is 1. The van der Waals surface area contributed by atoms with Crippen molar-refractivity contribution in [3.8, 4) is 0 Å². The maximum absolute atomic E-state index is 12.8. The van der Waals surface area contributed by atoms with E-state index in [-0.39, 0.29) is 11.7 Å². The van der Waals surface area contributed by atoms with Gasteiger partial charge in [-0.15, -0.1) is 11.3 Å². The van der Waals surface area contributed by atoms with E-state index < -0.39 is 5.97 Å². The Morgan fingerprint density at radius 2 is 2.04 bits per heavy atom. The number of rotatable bonds is 9. The molecule has 0 saturated heterocycles. The molecule has 0 saturated carbocycles. The normalized spacial score (nSPS) is 10.5. The lowest BCUT2D eigenvalue weighted by Gasteiger charge is -2.22. The van der Waals surface area contributed by atoms with Crippen molar-refractivity contribution in [3.63, 3.8) is 0 Å². The van der Waals surface area contributed by atoms with Crippen LogP contribution in [0.2, 0.25) is 0 Å². The fourth-order valence-electron chi connectivity index (χ4n) is 2.41. The molecule has 0 aliphatic rings. The third-order valence-electron chi connectivity index (χ3n) is 3.80. The highest BCUT2D eigenvalue weighted by molar-refractivity contribution is 9.10. The van der Waals surface area contributed by atoms with Crippen molar-refractivity contribution >= 4 is 45.0 Å². The van der Waals surface area contributed by atoms with E-state index in [4.69, 9.17) is 4.74 Å². The number of anilines is 1. The molecule has 146 valence electrons. The summed E-state index contributed by atoms with van der Waals surface area (Å²) in [4.78, 5) is 30.6. The third-order valence-corrected chi connectivity index (χ3v) is 5.32. The van der Waals surface area contributed by atoms with E-state index in [0.29, 0.717) is 30.4 Å². The number of unbranched alkanes of at least 4 members (excludes halogenated alkanes) is 2. The van der Waals surface area contributed by atoms with Crippen LogP contribution in [0.3, 0.4) is 0 Å². The second-order valence-electron chi connectivity index (χ2n) is 5.89. The van der Waals surface area contributed by atoms with Gasteiger partial charge in [0.2, 0.25) is 0 Å². The monoisotopic (exact) mass is 453 g/mol. The summed E-state index contributed by atoms with van der Waals surface area (Å²) in [5.41, 5.74) is 1.01. The molecule has 1 aromatic carbocycles. The highest BCUT2D eigenvalue weighted by Crippen LogP contribution is 2.22. The molecule has 0 unspecified atom stereocenters. The number of amides is 2. The summed E-state index contributed by atoms with van der Waals surface area (Å²) < 4.78 is 5.80. The highest BCUT2D eigenvalue weighted by atomic mass is 79.9. The molecule has 0 fully saturated rings. The molecule has 0 radical (unpaired) electrons. The standard InChI is InChI=1S/C19H24BrN3O3S/c1-3-5-8-11-23(19(25)22-15-10-7-6-9-14(15)20)12-17-21-16(13-27-17)18(24)26-4-2/h6-7,9-10,13H,3-5,8,11-12H2,1-2H3,(H,22,25). The van der Waals surface area contributed by atoms with Crippen LogP contribution >= 0.6 is 27.3 Å². The van der Waals surface area contributed by atoms with Crippen LogP contribution in [0.15, 0.2) is 34.1 Å². The lowest BCUT2D eigenvalue weighted by atomic mass is 10.2. The molecule has 8 heteroatoms. The van der Waals surface area contributed by atoms with Gasteiger partial charge in [-0.2, -0.15) is 0 Å². The Bertz CT molecular complexity index is 766. The van der Waals surface area contributed by atoms with Crippen LogP contribution in [-0.4, -0.2) is 35.0 Å². The number of carbonyl (C=O) groups excluding carboxylic acids is 2. The van der Waals surface area contributed by atoms with E-state index in [1.165, 1.54) is 11.3 Å². The maximum Gasteiger partial charge on any atom is 0.357 e. The number of para-hydroxylation sites is 1. The van der Waals surface area contributed by atoms with Gasteiger partial charge in [-0.1, -0.05) is 31.9 Å². The number of aromatic nitrogens is 1. The second kappa shape index (κ2) is 11.0. The Labute approximate surface area is 172 Å². The fourth-order valence-corrected chi connectivity index (χ4v) is 3.57. The van der Waals surface area contributed by atoms with E-state index in [2.05, 4.69) is 33.2 Å². The maximum atomic E-state index is 12.8. The van der Waals surface area contributed by atoms with Crippen molar-refractivity contribution in [2.24, 2.45) is 0 Å². The van der Waals surface area contributed by atoms with Gasteiger partial charge in [0.05, 0.1) is 18.8 Å². The van der Waals surface area contributed by atoms with Gasteiger partial charge in [-0.25, -0.2) is 14.6 Å². The van der Waals surface area contributed by atoms with Crippen LogP contribution in [0, 0.1) is 0 Å². The topological polar surface area (TPSA) is 71.5 Å². The minimum absolute atomic E-state index is 0.189. The van der Waals surface area contributed by atoms with E-state index in [1.807, 2.05) is 24.3 Å². The zero-order chi connectivity index (χ0) is 19.6. The molecular weight excluding hydrogens is 430 g/mol. The van der Waals surface area contributed by atoms with Crippen LogP contribution in [0.1, 0.15) is 48.6 Å². The molecule has 2 aromatic rings. The van der Waals surface area contributed by atoms with E-state index in [0.717, 1.165) is 23.7 Å². The van der Waals surface area contributed by atoms with Gasteiger partial charge in [0.1, 0.15) is 5.01 Å².